The van der Waals surface area contributed by atoms with Gasteiger partial charge in [-0.15, -0.1) is 0 Å². The molecule has 0 fully saturated rings. The Balaban J connectivity index is 1.75. The second-order valence-electron chi connectivity index (χ2n) is 7.07. The Morgan fingerprint density at radius 3 is 1.97 bits per heavy atom. The van der Waals surface area contributed by atoms with Crippen LogP contribution in [-0.2, 0) is 0 Å². The molecule has 3 heteroatoms. The largest absolute Gasteiger partial charge is 0.478 e. The molecule has 0 aliphatic heterocycles. The summed E-state index contributed by atoms with van der Waals surface area (Å²) in [5.74, 6) is -1.22. The summed E-state index contributed by atoms with van der Waals surface area (Å²) in [4.78, 5) is 25.2. The Morgan fingerprint density at radius 1 is 0.586 bits per heavy atom. The molecule has 0 aliphatic rings. The van der Waals surface area contributed by atoms with Crippen LogP contribution in [0.4, 0.5) is 0 Å². The first-order chi connectivity index (χ1) is 14.1. The SMILES string of the molecule is O=C(O)c1cccc2cccc(C(=O)c3ccc4ccc5ccccc5c4c3)c12. The molecule has 0 aliphatic carbocycles. The van der Waals surface area contributed by atoms with Crippen LogP contribution in [0.3, 0.4) is 0 Å². The fourth-order valence-electron chi connectivity index (χ4n) is 4.01. The third-order valence-electron chi connectivity index (χ3n) is 5.39. The first kappa shape index (κ1) is 17.1. The number of carboxylic acid groups (broad SMARTS) is 1. The maximum atomic E-state index is 13.4. The summed E-state index contributed by atoms with van der Waals surface area (Å²) in [6.07, 6.45) is 0. The molecule has 5 aromatic carbocycles. The van der Waals surface area contributed by atoms with Gasteiger partial charge in [0.15, 0.2) is 5.78 Å². The van der Waals surface area contributed by atoms with Crippen molar-refractivity contribution in [2.75, 3.05) is 0 Å². The van der Waals surface area contributed by atoms with Crippen molar-refractivity contribution in [1.29, 1.82) is 0 Å². The van der Waals surface area contributed by atoms with Gasteiger partial charge < -0.3 is 5.11 Å². The lowest BCUT2D eigenvalue weighted by Crippen LogP contribution is -2.06. The minimum atomic E-state index is -1.04. The molecule has 138 valence electrons. The van der Waals surface area contributed by atoms with Crippen LogP contribution in [0.25, 0.3) is 32.3 Å². The van der Waals surface area contributed by atoms with E-state index in [2.05, 4.69) is 6.07 Å². The topological polar surface area (TPSA) is 54.4 Å². The van der Waals surface area contributed by atoms with Crippen LogP contribution in [0.5, 0.6) is 0 Å². The van der Waals surface area contributed by atoms with Gasteiger partial charge in [-0.1, -0.05) is 78.9 Å². The van der Waals surface area contributed by atoms with Crippen molar-refractivity contribution < 1.29 is 14.7 Å². The molecule has 29 heavy (non-hydrogen) atoms. The van der Waals surface area contributed by atoms with Crippen LogP contribution in [0.1, 0.15) is 26.3 Å². The van der Waals surface area contributed by atoms with E-state index in [1.54, 1.807) is 18.2 Å². The normalized spacial score (nSPS) is 11.2. The standard InChI is InChI=1S/C26H16O3/c27-25(21-9-3-6-18-7-4-10-22(24(18)21)26(28)29)19-14-13-17-12-11-16-5-1-2-8-20(16)23(17)15-19/h1-15H,(H,28,29). The molecule has 0 heterocycles. The molecule has 3 nitrogen and oxygen atoms in total. The fourth-order valence-corrected chi connectivity index (χ4v) is 4.01. The fraction of sp³-hybridized carbons (Fsp3) is 0. The number of carbonyl (C=O) groups is 2. The Bertz CT molecular complexity index is 1440. The average Bonchev–Trinajstić information content (AvgIpc) is 2.77. The Morgan fingerprint density at radius 2 is 1.21 bits per heavy atom. The molecule has 0 saturated carbocycles. The molecule has 1 N–H and O–H groups in total. The van der Waals surface area contributed by atoms with Gasteiger partial charge in [-0.2, -0.15) is 0 Å². The smallest absolute Gasteiger partial charge is 0.336 e. The van der Waals surface area contributed by atoms with Crippen molar-refractivity contribution in [3.05, 3.63) is 108 Å². The Hall–Kier alpha value is -3.98. The number of ketones is 1. The molecule has 0 spiro atoms. The summed E-state index contributed by atoms with van der Waals surface area (Å²) in [6, 6.07) is 28.2. The van der Waals surface area contributed by atoms with Crippen LogP contribution in [0, 0.1) is 0 Å². The van der Waals surface area contributed by atoms with Crippen LogP contribution in [0.15, 0.2) is 91.0 Å². The molecule has 5 rings (SSSR count). The summed E-state index contributed by atoms with van der Waals surface area (Å²) in [7, 11) is 0. The van der Waals surface area contributed by atoms with E-state index < -0.39 is 5.97 Å². The minimum absolute atomic E-state index is 0.137. The zero-order chi connectivity index (χ0) is 20.0. The Kier molecular flexibility index (Phi) is 3.88. The number of hydrogen-bond donors (Lipinski definition) is 1. The lowest BCUT2D eigenvalue weighted by Gasteiger charge is -2.10. The predicted octanol–water partition coefficient (Wildman–Crippen LogP) is 6.08. The molecular weight excluding hydrogens is 360 g/mol. The predicted molar refractivity (Wildman–Crippen MR) is 116 cm³/mol. The molecule has 0 bridgehead atoms. The molecule has 5 aromatic rings. The van der Waals surface area contributed by atoms with E-state index >= 15 is 0 Å². The number of aromatic carboxylic acids is 1. The Labute approximate surface area is 166 Å². The van der Waals surface area contributed by atoms with E-state index in [1.807, 2.05) is 60.7 Å². The molecule has 0 aromatic heterocycles. The summed E-state index contributed by atoms with van der Waals surface area (Å²) in [6.45, 7) is 0. The van der Waals surface area contributed by atoms with E-state index in [4.69, 9.17) is 0 Å². The molecule has 0 atom stereocenters. The van der Waals surface area contributed by atoms with Crippen LogP contribution >= 0.6 is 0 Å². The average molecular weight is 376 g/mol. The van der Waals surface area contributed by atoms with E-state index in [-0.39, 0.29) is 11.3 Å². The second kappa shape index (κ2) is 6.57. The van der Waals surface area contributed by atoms with Crippen molar-refractivity contribution in [2.45, 2.75) is 0 Å². The highest BCUT2D eigenvalue weighted by molar-refractivity contribution is 6.21. The summed E-state index contributed by atoms with van der Waals surface area (Å²) in [5.41, 5.74) is 1.08. The van der Waals surface area contributed by atoms with Crippen molar-refractivity contribution in [3.8, 4) is 0 Å². The number of carboxylic acids is 1. The van der Waals surface area contributed by atoms with Gasteiger partial charge in [0, 0.05) is 16.5 Å². The highest BCUT2D eigenvalue weighted by Gasteiger charge is 2.18. The number of carbonyl (C=O) groups excluding carboxylic acids is 1. The molecule has 0 unspecified atom stereocenters. The first-order valence-electron chi connectivity index (χ1n) is 9.35. The highest BCUT2D eigenvalue weighted by atomic mass is 16.4. The molecule has 0 radical (unpaired) electrons. The zero-order valence-electron chi connectivity index (χ0n) is 15.4. The molecular formula is C26H16O3. The third-order valence-corrected chi connectivity index (χ3v) is 5.39. The van der Waals surface area contributed by atoms with Gasteiger partial charge in [0.25, 0.3) is 0 Å². The first-order valence-corrected chi connectivity index (χ1v) is 9.35. The monoisotopic (exact) mass is 376 g/mol. The quantitative estimate of drug-likeness (QED) is 0.307. The third kappa shape index (κ3) is 2.75. The molecule has 0 saturated heterocycles. The van der Waals surface area contributed by atoms with Crippen molar-refractivity contribution in [2.24, 2.45) is 0 Å². The van der Waals surface area contributed by atoms with Gasteiger partial charge in [0.2, 0.25) is 0 Å². The number of rotatable bonds is 3. The second-order valence-corrected chi connectivity index (χ2v) is 7.07. The number of benzene rings is 5. The van der Waals surface area contributed by atoms with Gasteiger partial charge >= 0.3 is 5.97 Å². The van der Waals surface area contributed by atoms with Gasteiger partial charge in [-0.05, 0) is 39.1 Å². The minimum Gasteiger partial charge on any atom is -0.478 e. The van der Waals surface area contributed by atoms with E-state index in [9.17, 15) is 14.7 Å². The highest BCUT2D eigenvalue weighted by Crippen LogP contribution is 2.29. The maximum Gasteiger partial charge on any atom is 0.336 e. The molecule has 0 amide bonds. The van der Waals surface area contributed by atoms with Crippen LogP contribution in [-0.4, -0.2) is 16.9 Å². The van der Waals surface area contributed by atoms with Crippen molar-refractivity contribution in [3.63, 3.8) is 0 Å². The van der Waals surface area contributed by atoms with Crippen LogP contribution < -0.4 is 0 Å². The number of hydrogen-bond acceptors (Lipinski definition) is 2. The summed E-state index contributed by atoms with van der Waals surface area (Å²) < 4.78 is 0. The van der Waals surface area contributed by atoms with E-state index in [0.29, 0.717) is 16.5 Å². The lowest BCUT2D eigenvalue weighted by molar-refractivity contribution is 0.0699. The lowest BCUT2D eigenvalue weighted by atomic mass is 9.92. The maximum absolute atomic E-state index is 13.4. The van der Waals surface area contributed by atoms with Gasteiger partial charge in [0.1, 0.15) is 0 Å². The van der Waals surface area contributed by atoms with Gasteiger partial charge in [-0.25, -0.2) is 4.79 Å². The van der Waals surface area contributed by atoms with Gasteiger partial charge in [-0.3, -0.25) is 4.79 Å². The summed E-state index contributed by atoms with van der Waals surface area (Å²) in [5, 5.41) is 15.1. The zero-order valence-corrected chi connectivity index (χ0v) is 15.4. The van der Waals surface area contributed by atoms with Gasteiger partial charge in [0.05, 0.1) is 5.56 Å². The number of fused-ring (bicyclic) bond motifs is 4. The summed E-state index contributed by atoms with van der Waals surface area (Å²) >= 11 is 0. The van der Waals surface area contributed by atoms with Crippen LogP contribution in [0.2, 0.25) is 0 Å². The van der Waals surface area contributed by atoms with Crippen molar-refractivity contribution in [1.82, 2.24) is 0 Å². The van der Waals surface area contributed by atoms with E-state index in [1.165, 1.54) is 6.07 Å². The van der Waals surface area contributed by atoms with Crippen molar-refractivity contribution >= 4 is 44.1 Å². The van der Waals surface area contributed by atoms with E-state index in [0.717, 1.165) is 26.9 Å².